The van der Waals surface area contributed by atoms with Crippen LogP contribution in [0.3, 0.4) is 0 Å². The van der Waals surface area contributed by atoms with Crippen LogP contribution < -0.4 is 10.3 Å². The first-order chi connectivity index (χ1) is 5.15. The van der Waals surface area contributed by atoms with Gasteiger partial charge in [-0.25, -0.2) is 0 Å². The molecule has 0 radical (unpaired) electrons. The Morgan fingerprint density at radius 3 is 2.82 bits per heavy atom. The van der Waals surface area contributed by atoms with Gasteiger partial charge < -0.3 is 9.30 Å². The van der Waals surface area contributed by atoms with E-state index in [-0.39, 0.29) is 11.3 Å². The molecule has 0 aliphatic carbocycles. The molecule has 0 saturated carbocycles. The number of halogens is 1. The lowest BCUT2D eigenvalue weighted by Gasteiger charge is -2.01. The van der Waals surface area contributed by atoms with E-state index < -0.39 is 0 Å². The third kappa shape index (κ3) is 1.54. The molecule has 0 atom stereocenters. The molecule has 0 aliphatic rings. The number of pyridine rings is 1. The predicted molar refractivity (Wildman–Crippen MR) is 43.2 cm³/mol. The molecular weight excluding hydrogens is 166 g/mol. The van der Waals surface area contributed by atoms with Gasteiger partial charge in [-0.1, -0.05) is 11.6 Å². The largest absolute Gasteiger partial charge is 0.491 e. The molecule has 4 heteroatoms. The summed E-state index contributed by atoms with van der Waals surface area (Å²) in [4.78, 5) is 11.1. The fourth-order valence-corrected chi connectivity index (χ4v) is 1.03. The lowest BCUT2D eigenvalue weighted by molar-refractivity contribution is 0.405. The summed E-state index contributed by atoms with van der Waals surface area (Å²) in [5.74, 6) is 0.264. The molecule has 0 fully saturated rings. The molecule has 1 aromatic rings. The highest BCUT2D eigenvalue weighted by atomic mass is 35.5. The van der Waals surface area contributed by atoms with E-state index in [0.717, 1.165) is 0 Å². The van der Waals surface area contributed by atoms with Crippen molar-refractivity contribution in [3.8, 4) is 5.75 Å². The Kier molecular flexibility index (Phi) is 2.19. The number of nitrogens with zero attached hydrogens (tertiary/aromatic N) is 1. The normalized spacial score (nSPS) is 9.73. The van der Waals surface area contributed by atoms with Crippen LogP contribution in [0.4, 0.5) is 0 Å². The number of aromatic nitrogens is 1. The summed E-state index contributed by atoms with van der Waals surface area (Å²) in [5.41, 5.74) is -0.183. The minimum Gasteiger partial charge on any atom is -0.491 e. The highest BCUT2D eigenvalue weighted by molar-refractivity contribution is 6.30. The highest BCUT2D eigenvalue weighted by Gasteiger charge is 2.01. The molecule has 1 aromatic heterocycles. The maximum Gasteiger partial charge on any atom is 0.292 e. The van der Waals surface area contributed by atoms with E-state index in [1.807, 2.05) is 0 Å². The number of hydrogen-bond donors (Lipinski definition) is 0. The molecule has 0 unspecified atom stereocenters. The van der Waals surface area contributed by atoms with E-state index in [0.29, 0.717) is 5.02 Å². The quantitative estimate of drug-likeness (QED) is 0.636. The Labute approximate surface area is 69.2 Å². The van der Waals surface area contributed by atoms with Crippen molar-refractivity contribution in [1.82, 2.24) is 4.57 Å². The van der Waals surface area contributed by atoms with Gasteiger partial charge in [0, 0.05) is 19.3 Å². The van der Waals surface area contributed by atoms with Crippen molar-refractivity contribution in [2.24, 2.45) is 7.05 Å². The van der Waals surface area contributed by atoms with Gasteiger partial charge in [-0.3, -0.25) is 4.79 Å². The van der Waals surface area contributed by atoms with E-state index in [1.54, 1.807) is 7.05 Å². The maximum atomic E-state index is 11.1. The molecule has 1 rings (SSSR count). The summed E-state index contributed by atoms with van der Waals surface area (Å²) in [6.45, 7) is 0. The van der Waals surface area contributed by atoms with Crippen molar-refractivity contribution in [3.05, 3.63) is 27.6 Å². The Morgan fingerprint density at radius 1 is 1.64 bits per heavy atom. The maximum absolute atomic E-state index is 11.1. The van der Waals surface area contributed by atoms with Crippen LogP contribution in [0.15, 0.2) is 17.1 Å². The van der Waals surface area contributed by atoms with E-state index in [9.17, 15) is 4.79 Å². The molecule has 0 bridgehead atoms. The third-order valence-corrected chi connectivity index (χ3v) is 1.54. The zero-order valence-electron chi connectivity index (χ0n) is 6.30. The van der Waals surface area contributed by atoms with Crippen LogP contribution in [0, 0.1) is 0 Å². The first-order valence-electron chi connectivity index (χ1n) is 3.05. The molecule has 0 amide bonds. The number of aryl methyl sites for hydroxylation is 1. The monoisotopic (exact) mass is 173 g/mol. The predicted octanol–water partition coefficient (Wildman–Crippen LogP) is 1.05. The second kappa shape index (κ2) is 2.96. The first kappa shape index (κ1) is 8.14. The molecule has 11 heavy (non-hydrogen) atoms. The molecule has 0 aliphatic heterocycles. The highest BCUT2D eigenvalue weighted by Crippen LogP contribution is 2.11. The summed E-state index contributed by atoms with van der Waals surface area (Å²) in [6, 6.07) is 1.49. The van der Waals surface area contributed by atoms with Crippen LogP contribution in [-0.4, -0.2) is 11.7 Å². The van der Waals surface area contributed by atoms with Gasteiger partial charge in [-0.05, 0) is 0 Å². The van der Waals surface area contributed by atoms with Crippen molar-refractivity contribution in [2.75, 3.05) is 7.11 Å². The summed E-state index contributed by atoms with van der Waals surface area (Å²) in [7, 11) is 3.06. The molecular formula is C7H8ClNO2. The first-order valence-corrected chi connectivity index (χ1v) is 3.43. The minimum absolute atomic E-state index is 0.183. The average molecular weight is 174 g/mol. The van der Waals surface area contributed by atoms with Gasteiger partial charge in [0.05, 0.1) is 12.1 Å². The zero-order chi connectivity index (χ0) is 8.43. The fraction of sp³-hybridized carbons (Fsp3) is 0.286. The van der Waals surface area contributed by atoms with Crippen LogP contribution in [0.1, 0.15) is 0 Å². The Hall–Kier alpha value is -0.960. The Bertz CT molecular complexity index is 319. The molecule has 0 spiro atoms. The Morgan fingerprint density at radius 2 is 2.27 bits per heavy atom. The van der Waals surface area contributed by atoms with Crippen molar-refractivity contribution in [2.45, 2.75) is 0 Å². The van der Waals surface area contributed by atoms with Crippen LogP contribution in [0.25, 0.3) is 0 Å². The van der Waals surface area contributed by atoms with Crippen molar-refractivity contribution in [3.63, 3.8) is 0 Å². The second-order valence-corrected chi connectivity index (χ2v) is 2.58. The van der Waals surface area contributed by atoms with E-state index in [4.69, 9.17) is 16.3 Å². The van der Waals surface area contributed by atoms with E-state index in [1.165, 1.54) is 23.9 Å². The summed E-state index contributed by atoms with van der Waals surface area (Å²) in [5, 5.41) is 0.490. The molecule has 0 aromatic carbocycles. The average Bonchev–Trinajstić information content (AvgIpc) is 1.96. The van der Waals surface area contributed by atoms with Crippen molar-refractivity contribution >= 4 is 11.6 Å². The summed E-state index contributed by atoms with van der Waals surface area (Å²) < 4.78 is 6.16. The third-order valence-electron chi connectivity index (χ3n) is 1.34. The van der Waals surface area contributed by atoms with Gasteiger partial charge in [0.15, 0.2) is 5.75 Å². The lowest BCUT2D eigenvalue weighted by Crippen LogP contribution is -2.17. The van der Waals surface area contributed by atoms with Crippen molar-refractivity contribution in [1.29, 1.82) is 0 Å². The topological polar surface area (TPSA) is 31.2 Å². The molecule has 0 saturated heterocycles. The second-order valence-electron chi connectivity index (χ2n) is 2.14. The smallest absolute Gasteiger partial charge is 0.292 e. The molecule has 60 valence electrons. The Balaban J connectivity index is 3.37. The van der Waals surface area contributed by atoms with E-state index >= 15 is 0 Å². The number of rotatable bonds is 1. The zero-order valence-corrected chi connectivity index (χ0v) is 7.05. The molecule has 0 N–H and O–H groups in total. The van der Waals surface area contributed by atoms with Gasteiger partial charge in [0.1, 0.15) is 0 Å². The fourth-order valence-electron chi connectivity index (χ4n) is 0.788. The van der Waals surface area contributed by atoms with Gasteiger partial charge in [-0.15, -0.1) is 0 Å². The lowest BCUT2D eigenvalue weighted by atomic mass is 10.4. The van der Waals surface area contributed by atoms with Crippen LogP contribution in [0.5, 0.6) is 5.75 Å². The van der Waals surface area contributed by atoms with Crippen LogP contribution in [-0.2, 0) is 7.05 Å². The number of hydrogen-bond acceptors (Lipinski definition) is 2. The van der Waals surface area contributed by atoms with Gasteiger partial charge in [-0.2, -0.15) is 0 Å². The molecule has 1 heterocycles. The van der Waals surface area contributed by atoms with Crippen molar-refractivity contribution < 1.29 is 4.74 Å². The number of methoxy groups -OCH3 is 1. The van der Waals surface area contributed by atoms with Gasteiger partial charge in [0.2, 0.25) is 0 Å². The standard InChI is InChI=1S/C7H8ClNO2/c1-9-4-5(8)3-6(11-2)7(9)10/h3-4H,1-2H3. The van der Waals surface area contributed by atoms with E-state index in [2.05, 4.69) is 0 Å². The summed E-state index contributed by atoms with van der Waals surface area (Å²) in [6.07, 6.45) is 1.53. The van der Waals surface area contributed by atoms with Crippen LogP contribution in [0.2, 0.25) is 5.02 Å². The van der Waals surface area contributed by atoms with Gasteiger partial charge >= 0.3 is 0 Å². The minimum atomic E-state index is -0.183. The van der Waals surface area contributed by atoms with Crippen LogP contribution >= 0.6 is 11.6 Å². The summed E-state index contributed by atoms with van der Waals surface area (Å²) >= 11 is 5.66. The SMILES string of the molecule is COc1cc(Cl)cn(C)c1=O. The molecule has 3 nitrogen and oxygen atoms in total. The van der Waals surface area contributed by atoms with Gasteiger partial charge in [0.25, 0.3) is 5.56 Å². The number of ether oxygens (including phenoxy) is 1.